The number of hydrogen-bond donors (Lipinski definition) is 1. The van der Waals surface area contributed by atoms with Gasteiger partial charge in [-0.3, -0.25) is 4.79 Å². The van der Waals surface area contributed by atoms with Gasteiger partial charge in [-0.05, 0) is 55.9 Å². The Hall–Kier alpha value is -2.84. The molecule has 3 rings (SSSR count). The van der Waals surface area contributed by atoms with Crippen LogP contribution in [0.2, 0.25) is 0 Å². The zero-order valence-corrected chi connectivity index (χ0v) is 19.7. The van der Waals surface area contributed by atoms with Gasteiger partial charge in [0, 0.05) is 12.3 Å². The molecule has 0 aromatic heterocycles. The summed E-state index contributed by atoms with van der Waals surface area (Å²) in [5.41, 5.74) is 0.911. The first-order valence-electron chi connectivity index (χ1n) is 12.0. The van der Waals surface area contributed by atoms with Crippen LogP contribution in [0.5, 0.6) is 0 Å². The van der Waals surface area contributed by atoms with Gasteiger partial charge in [-0.2, -0.15) is 0 Å². The Kier molecular flexibility index (Phi) is 9.33. The zero-order valence-electron chi connectivity index (χ0n) is 19.7. The first-order valence-corrected chi connectivity index (χ1v) is 12.0. The average Bonchev–Trinajstić information content (AvgIpc) is 3.37. The van der Waals surface area contributed by atoms with Crippen LogP contribution in [0.25, 0.3) is 0 Å². The van der Waals surface area contributed by atoms with E-state index in [1.165, 1.54) is 5.01 Å². The number of carbonyl (C=O) groups excluding carboxylic acids is 2. The average molecular weight is 461 g/mol. The zero-order chi connectivity index (χ0) is 23.6. The summed E-state index contributed by atoms with van der Waals surface area (Å²) in [6.45, 7) is 5.21. The molecule has 9 heteroatoms. The van der Waals surface area contributed by atoms with Gasteiger partial charge in [0.15, 0.2) is 0 Å². The van der Waals surface area contributed by atoms with Gasteiger partial charge in [0.05, 0.1) is 18.1 Å². The Bertz CT molecular complexity index is 787. The van der Waals surface area contributed by atoms with Crippen molar-refractivity contribution in [2.75, 3.05) is 19.9 Å². The third-order valence-corrected chi connectivity index (χ3v) is 6.67. The van der Waals surface area contributed by atoms with Gasteiger partial charge in [-0.25, -0.2) is 4.79 Å². The Morgan fingerprint density at radius 1 is 1.15 bits per heavy atom. The molecule has 1 aliphatic carbocycles. The highest BCUT2D eigenvalue weighted by Gasteiger charge is 2.31. The number of hydrazine groups is 1. The minimum Gasteiger partial charge on any atom is -0.569 e. The molecule has 0 unspecified atom stereocenters. The number of nitrogens with zero attached hydrogens (tertiary/aromatic N) is 3. The van der Waals surface area contributed by atoms with E-state index in [0.29, 0.717) is 36.3 Å². The summed E-state index contributed by atoms with van der Waals surface area (Å²) in [6, 6.07) is 8.63. The summed E-state index contributed by atoms with van der Waals surface area (Å²) >= 11 is 0. The highest BCUT2D eigenvalue weighted by molar-refractivity contribution is 5.86. The summed E-state index contributed by atoms with van der Waals surface area (Å²) < 4.78 is 5.17. The molecular formula is C24H36N4O5. The normalized spacial score (nSPS) is 22.2. The Morgan fingerprint density at radius 3 is 2.45 bits per heavy atom. The Morgan fingerprint density at radius 2 is 1.82 bits per heavy atom. The molecule has 0 radical (unpaired) electrons. The fraction of sp³-hybridized carbons (Fsp3) is 0.667. The number of rotatable bonds is 10. The van der Waals surface area contributed by atoms with Gasteiger partial charge in [-0.1, -0.05) is 44.2 Å². The minimum atomic E-state index is -0.840. The number of ether oxygens (including phenoxy) is 1. The van der Waals surface area contributed by atoms with Crippen molar-refractivity contribution in [2.45, 2.75) is 64.8 Å². The van der Waals surface area contributed by atoms with Gasteiger partial charge < -0.3 is 20.1 Å². The van der Waals surface area contributed by atoms with Crippen LogP contribution in [-0.4, -0.2) is 47.8 Å². The van der Waals surface area contributed by atoms with Crippen LogP contribution >= 0.6 is 0 Å². The molecule has 1 saturated heterocycles. The van der Waals surface area contributed by atoms with E-state index in [9.17, 15) is 14.8 Å². The second-order valence-electron chi connectivity index (χ2n) is 9.31. The van der Waals surface area contributed by atoms with Crippen molar-refractivity contribution < 1.29 is 24.1 Å². The molecule has 33 heavy (non-hydrogen) atoms. The lowest BCUT2D eigenvalue weighted by atomic mass is 9.76. The third kappa shape index (κ3) is 7.61. The van der Waals surface area contributed by atoms with Crippen LogP contribution in [0.1, 0.15) is 57.9 Å². The van der Waals surface area contributed by atoms with E-state index in [1.54, 1.807) is 0 Å². The summed E-state index contributed by atoms with van der Waals surface area (Å²) in [6.07, 6.45) is 5.90. The molecule has 2 aliphatic rings. The lowest BCUT2D eigenvalue weighted by molar-refractivity contribution is -0.708. The third-order valence-electron chi connectivity index (χ3n) is 6.67. The van der Waals surface area contributed by atoms with Gasteiger partial charge in [-0.15, -0.1) is 5.01 Å². The van der Waals surface area contributed by atoms with E-state index >= 15 is 0 Å². The first-order chi connectivity index (χ1) is 15.9. The van der Waals surface area contributed by atoms with Gasteiger partial charge in [0.1, 0.15) is 6.04 Å². The summed E-state index contributed by atoms with van der Waals surface area (Å²) in [5, 5.41) is 19.6. The lowest BCUT2D eigenvalue weighted by Crippen LogP contribution is -2.46. The molecule has 1 N–H and O–H groups in total. The highest BCUT2D eigenvalue weighted by atomic mass is 16.8. The second kappa shape index (κ2) is 12.4. The molecule has 1 aromatic carbocycles. The van der Waals surface area contributed by atoms with Crippen LogP contribution in [0.4, 0.5) is 0 Å². The van der Waals surface area contributed by atoms with Gasteiger partial charge in [0.2, 0.25) is 11.2 Å². The maximum atomic E-state index is 12.9. The SMILES string of the molecule is CC(C)C1CCC(C(=O)N[C@H](Cc2ccccc2)C(=O)OCO/N=[N+](/[O-])N2CCCC2)CC1. The molecular weight excluding hydrogens is 424 g/mol. The molecule has 1 atom stereocenters. The molecule has 1 heterocycles. The van der Waals surface area contributed by atoms with Crippen molar-refractivity contribution in [3.8, 4) is 0 Å². The van der Waals surface area contributed by atoms with Crippen molar-refractivity contribution in [1.82, 2.24) is 10.3 Å². The monoisotopic (exact) mass is 460 g/mol. The lowest BCUT2D eigenvalue weighted by Gasteiger charge is -2.31. The predicted molar refractivity (Wildman–Crippen MR) is 121 cm³/mol. The molecule has 1 amide bonds. The van der Waals surface area contributed by atoms with Gasteiger partial charge in [0.25, 0.3) is 6.79 Å². The summed E-state index contributed by atoms with van der Waals surface area (Å²) in [4.78, 5) is 30.9. The number of esters is 1. The van der Waals surface area contributed by atoms with Crippen LogP contribution in [0.3, 0.4) is 0 Å². The predicted octanol–water partition coefficient (Wildman–Crippen LogP) is 3.58. The molecule has 0 bridgehead atoms. The molecule has 1 aromatic rings. The minimum absolute atomic E-state index is 0.0909. The number of amides is 1. The molecule has 182 valence electrons. The fourth-order valence-corrected chi connectivity index (χ4v) is 4.56. The highest BCUT2D eigenvalue weighted by Crippen LogP contribution is 2.33. The first kappa shape index (κ1) is 24.8. The summed E-state index contributed by atoms with van der Waals surface area (Å²) in [5.74, 6) is 0.459. The van der Waals surface area contributed by atoms with E-state index in [1.807, 2.05) is 30.3 Å². The topological polar surface area (TPSA) is 106 Å². The molecule has 0 spiro atoms. The summed E-state index contributed by atoms with van der Waals surface area (Å²) in [7, 11) is 0. The van der Waals surface area contributed by atoms with Crippen molar-refractivity contribution in [3.63, 3.8) is 0 Å². The van der Waals surface area contributed by atoms with E-state index < -0.39 is 18.8 Å². The number of benzene rings is 1. The van der Waals surface area contributed by atoms with Crippen LogP contribution in [0, 0.1) is 23.0 Å². The number of carbonyl (C=O) groups is 2. The van der Waals surface area contributed by atoms with Crippen molar-refractivity contribution in [1.29, 1.82) is 0 Å². The smallest absolute Gasteiger partial charge is 0.331 e. The van der Waals surface area contributed by atoms with E-state index in [-0.39, 0.29) is 11.8 Å². The maximum Gasteiger partial charge on any atom is 0.331 e. The van der Waals surface area contributed by atoms with E-state index in [2.05, 4.69) is 24.4 Å². The number of nitrogens with one attached hydrogen (secondary N) is 1. The van der Waals surface area contributed by atoms with Gasteiger partial charge >= 0.3 is 5.97 Å². The van der Waals surface area contributed by atoms with E-state index in [4.69, 9.17) is 9.57 Å². The molecule has 2 fully saturated rings. The molecule has 9 nitrogen and oxygen atoms in total. The van der Waals surface area contributed by atoms with Crippen molar-refractivity contribution in [2.24, 2.45) is 23.0 Å². The van der Waals surface area contributed by atoms with E-state index in [0.717, 1.165) is 44.1 Å². The van der Waals surface area contributed by atoms with Crippen LogP contribution in [-0.2, 0) is 25.6 Å². The molecule has 1 saturated carbocycles. The van der Waals surface area contributed by atoms with Crippen molar-refractivity contribution in [3.05, 3.63) is 41.1 Å². The Labute approximate surface area is 195 Å². The quantitative estimate of drug-likeness (QED) is 0.143. The maximum absolute atomic E-state index is 12.9. The van der Waals surface area contributed by atoms with Crippen LogP contribution in [0.15, 0.2) is 35.6 Å². The Balaban J connectivity index is 1.53. The molecule has 1 aliphatic heterocycles. The second-order valence-corrected chi connectivity index (χ2v) is 9.31. The van der Waals surface area contributed by atoms with Crippen molar-refractivity contribution >= 4 is 11.9 Å². The largest absolute Gasteiger partial charge is 0.569 e. The fourth-order valence-electron chi connectivity index (χ4n) is 4.56. The standard InChI is InChI=1S/C24H36N4O5/c1-18(2)20-10-12-21(13-11-20)23(29)25-22(16-19-8-4-3-5-9-19)24(30)32-17-33-26-28(31)27-14-6-7-15-27/h3-5,8-9,18,20-22H,6-7,10-17H2,1-2H3,(H,25,29)/b28-26+/t20?,21?,22-/m1/s1. The van der Waals surface area contributed by atoms with Crippen LogP contribution < -0.4 is 5.32 Å². The number of hydrogen-bond acceptors (Lipinski definition) is 6.